The number of hydrogen-bond donors (Lipinski definition) is 1. The first-order chi connectivity index (χ1) is 10.6. The molecule has 0 aromatic carbocycles. The molecule has 1 aliphatic rings. The van der Waals surface area contributed by atoms with Gasteiger partial charge in [-0.15, -0.1) is 0 Å². The molecule has 22 heavy (non-hydrogen) atoms. The van der Waals surface area contributed by atoms with Crippen LogP contribution in [0.5, 0.6) is 0 Å². The number of nitrogens with one attached hydrogen (secondary N) is 1. The second kappa shape index (κ2) is 6.41. The summed E-state index contributed by atoms with van der Waals surface area (Å²) in [5.41, 5.74) is 1.38. The van der Waals surface area contributed by atoms with E-state index < -0.39 is 0 Å². The zero-order valence-corrected chi connectivity index (χ0v) is 13.1. The predicted molar refractivity (Wildman–Crippen MR) is 82.9 cm³/mol. The first-order valence-electron chi connectivity index (χ1n) is 7.09. The van der Waals surface area contributed by atoms with Gasteiger partial charge in [0.05, 0.1) is 31.4 Å². The van der Waals surface area contributed by atoms with Gasteiger partial charge in [-0.1, -0.05) is 0 Å². The summed E-state index contributed by atoms with van der Waals surface area (Å²) in [6.45, 7) is 3.12. The second-order valence-electron chi connectivity index (χ2n) is 5.24. The van der Waals surface area contributed by atoms with Gasteiger partial charge in [0.1, 0.15) is 5.82 Å². The van der Waals surface area contributed by atoms with E-state index >= 15 is 0 Å². The minimum atomic E-state index is -0.305. The summed E-state index contributed by atoms with van der Waals surface area (Å²) in [6.07, 6.45) is 0.363. The van der Waals surface area contributed by atoms with Crippen molar-refractivity contribution in [2.75, 3.05) is 19.8 Å². The molecule has 0 aliphatic carbocycles. The Bertz CT molecular complexity index is 711. The Morgan fingerprint density at radius 3 is 3.18 bits per heavy atom. The van der Waals surface area contributed by atoms with Gasteiger partial charge in [0.2, 0.25) is 5.91 Å². The molecule has 6 nitrogen and oxygen atoms in total. The number of aryl methyl sites for hydroxylation is 1. The van der Waals surface area contributed by atoms with Crippen molar-refractivity contribution in [3.63, 3.8) is 0 Å². The lowest BCUT2D eigenvalue weighted by molar-refractivity contribution is -0.139. The minimum absolute atomic E-state index is 0.0337. The van der Waals surface area contributed by atoms with E-state index in [4.69, 9.17) is 4.74 Å². The average molecular weight is 319 g/mol. The number of aromatic amines is 1. The van der Waals surface area contributed by atoms with Crippen molar-refractivity contribution in [2.24, 2.45) is 0 Å². The van der Waals surface area contributed by atoms with Crippen LogP contribution in [-0.4, -0.2) is 40.5 Å². The van der Waals surface area contributed by atoms with Crippen molar-refractivity contribution in [3.8, 4) is 0 Å². The van der Waals surface area contributed by atoms with Crippen molar-refractivity contribution < 1.29 is 9.53 Å². The van der Waals surface area contributed by atoms with E-state index in [1.807, 2.05) is 16.8 Å². The lowest BCUT2D eigenvalue weighted by Crippen LogP contribution is -2.44. The normalized spacial score (nSPS) is 18.4. The molecule has 0 radical (unpaired) electrons. The van der Waals surface area contributed by atoms with Crippen LogP contribution in [-0.2, 0) is 16.0 Å². The number of H-pyrrole nitrogens is 1. The number of rotatable bonds is 3. The molecule has 3 rings (SSSR count). The van der Waals surface area contributed by atoms with E-state index in [1.54, 1.807) is 23.2 Å². The van der Waals surface area contributed by atoms with Crippen molar-refractivity contribution in [1.82, 2.24) is 14.9 Å². The molecule has 116 valence electrons. The van der Waals surface area contributed by atoms with E-state index in [0.29, 0.717) is 37.7 Å². The third-order valence-corrected chi connectivity index (χ3v) is 4.34. The minimum Gasteiger partial charge on any atom is -0.377 e. The Morgan fingerprint density at radius 2 is 2.45 bits per heavy atom. The highest BCUT2D eigenvalue weighted by Gasteiger charge is 2.30. The molecule has 0 bridgehead atoms. The number of ether oxygens (including phenoxy) is 1. The molecule has 1 N–H and O–H groups in total. The topological polar surface area (TPSA) is 75.3 Å². The van der Waals surface area contributed by atoms with Gasteiger partial charge in [0.25, 0.3) is 5.56 Å². The Kier molecular flexibility index (Phi) is 4.35. The van der Waals surface area contributed by atoms with Gasteiger partial charge < -0.3 is 14.6 Å². The van der Waals surface area contributed by atoms with E-state index in [9.17, 15) is 9.59 Å². The molecular formula is C15H17N3O3S. The zero-order valence-electron chi connectivity index (χ0n) is 12.2. The van der Waals surface area contributed by atoms with Crippen LogP contribution in [0.1, 0.15) is 23.1 Å². The van der Waals surface area contributed by atoms with Crippen molar-refractivity contribution in [3.05, 3.63) is 50.3 Å². The maximum absolute atomic E-state index is 12.6. The summed E-state index contributed by atoms with van der Waals surface area (Å²) in [7, 11) is 0. The molecule has 1 aliphatic heterocycles. The third kappa shape index (κ3) is 3.26. The van der Waals surface area contributed by atoms with Crippen LogP contribution in [0.2, 0.25) is 0 Å². The van der Waals surface area contributed by atoms with Crippen LogP contribution in [0.15, 0.2) is 27.7 Å². The lowest BCUT2D eigenvalue weighted by atomic mass is 10.1. The molecule has 7 heteroatoms. The first kappa shape index (κ1) is 14.9. The van der Waals surface area contributed by atoms with E-state index in [2.05, 4.69) is 9.97 Å². The molecular weight excluding hydrogens is 302 g/mol. The average Bonchev–Trinajstić information content (AvgIpc) is 2.99. The Hall–Kier alpha value is -1.99. The maximum Gasteiger partial charge on any atom is 0.251 e. The van der Waals surface area contributed by atoms with E-state index in [1.165, 1.54) is 6.07 Å². The number of carbonyl (C=O) groups excluding carboxylic acids is 1. The zero-order chi connectivity index (χ0) is 15.5. The highest BCUT2D eigenvalue weighted by molar-refractivity contribution is 7.07. The summed E-state index contributed by atoms with van der Waals surface area (Å²) < 4.78 is 5.49. The Balaban J connectivity index is 1.84. The maximum atomic E-state index is 12.6. The molecule has 1 atom stereocenters. The van der Waals surface area contributed by atoms with Crippen LogP contribution < -0.4 is 5.56 Å². The number of hydrogen-bond acceptors (Lipinski definition) is 5. The molecule has 2 aromatic heterocycles. The highest BCUT2D eigenvalue weighted by Crippen LogP contribution is 2.23. The van der Waals surface area contributed by atoms with Gasteiger partial charge in [0.15, 0.2) is 0 Å². The number of nitrogens with zero attached hydrogens (tertiary/aromatic N) is 2. The Morgan fingerprint density at radius 1 is 1.59 bits per heavy atom. The fourth-order valence-electron chi connectivity index (χ4n) is 2.59. The van der Waals surface area contributed by atoms with Crippen molar-refractivity contribution in [2.45, 2.75) is 19.4 Å². The molecule has 0 saturated carbocycles. The molecule has 3 heterocycles. The number of morpholine rings is 1. The molecule has 0 unspecified atom stereocenters. The largest absolute Gasteiger partial charge is 0.377 e. The van der Waals surface area contributed by atoms with Crippen LogP contribution in [0.25, 0.3) is 0 Å². The van der Waals surface area contributed by atoms with Crippen LogP contribution in [0.4, 0.5) is 0 Å². The smallest absolute Gasteiger partial charge is 0.251 e. The number of aromatic nitrogens is 2. The second-order valence-corrected chi connectivity index (χ2v) is 6.02. The van der Waals surface area contributed by atoms with Crippen LogP contribution in [0, 0.1) is 6.92 Å². The molecule has 1 amide bonds. The molecule has 2 aromatic rings. The van der Waals surface area contributed by atoms with E-state index in [0.717, 1.165) is 5.56 Å². The summed E-state index contributed by atoms with van der Waals surface area (Å²) in [6, 6.07) is 3.09. The predicted octanol–water partition coefficient (Wildman–Crippen LogP) is 1.28. The van der Waals surface area contributed by atoms with E-state index in [-0.39, 0.29) is 17.5 Å². The van der Waals surface area contributed by atoms with Gasteiger partial charge in [0, 0.05) is 12.6 Å². The standard InChI is InChI=1S/C15H17N3O3S/c1-10-16-12(7-14(19)17-10)13-8-21-4-3-18(13)15(20)6-11-2-5-22-9-11/h2,5,7,9,13H,3-4,6,8H2,1H3,(H,16,17,19)/t13-/m0/s1. The third-order valence-electron chi connectivity index (χ3n) is 3.61. The number of amides is 1. The molecule has 1 saturated heterocycles. The lowest BCUT2D eigenvalue weighted by Gasteiger charge is -2.35. The summed E-state index contributed by atoms with van der Waals surface area (Å²) in [4.78, 5) is 33.0. The quantitative estimate of drug-likeness (QED) is 0.925. The summed E-state index contributed by atoms with van der Waals surface area (Å²) >= 11 is 1.58. The monoisotopic (exact) mass is 319 g/mol. The van der Waals surface area contributed by atoms with Gasteiger partial charge in [-0.25, -0.2) is 4.98 Å². The van der Waals surface area contributed by atoms with Crippen molar-refractivity contribution in [1.29, 1.82) is 0 Å². The fraction of sp³-hybridized carbons (Fsp3) is 0.400. The fourth-order valence-corrected chi connectivity index (χ4v) is 3.26. The van der Waals surface area contributed by atoms with Crippen molar-refractivity contribution >= 4 is 17.2 Å². The van der Waals surface area contributed by atoms with Crippen LogP contribution in [0.3, 0.4) is 0 Å². The molecule has 1 fully saturated rings. The molecule has 0 spiro atoms. The summed E-state index contributed by atoms with van der Waals surface area (Å²) in [5.74, 6) is 0.574. The van der Waals surface area contributed by atoms with Gasteiger partial charge in [-0.2, -0.15) is 11.3 Å². The summed E-state index contributed by atoms with van der Waals surface area (Å²) in [5, 5.41) is 3.93. The van der Waals surface area contributed by atoms with Gasteiger partial charge in [-0.3, -0.25) is 9.59 Å². The van der Waals surface area contributed by atoms with Gasteiger partial charge in [-0.05, 0) is 29.3 Å². The Labute approximate surface area is 131 Å². The van der Waals surface area contributed by atoms with Gasteiger partial charge >= 0.3 is 0 Å². The SMILES string of the molecule is Cc1nc([C@@H]2COCCN2C(=O)Cc2ccsc2)cc(=O)[nH]1. The number of thiophene rings is 1. The highest BCUT2D eigenvalue weighted by atomic mass is 32.1. The first-order valence-corrected chi connectivity index (χ1v) is 8.04. The van der Waals surface area contributed by atoms with Crippen LogP contribution >= 0.6 is 11.3 Å². The number of carbonyl (C=O) groups is 1.